The van der Waals surface area contributed by atoms with Gasteiger partial charge in [-0.3, -0.25) is 19.4 Å². The van der Waals surface area contributed by atoms with Gasteiger partial charge in [0, 0.05) is 74.2 Å². The number of piperazine rings is 1. The zero-order valence-electron chi connectivity index (χ0n) is 36.1. The van der Waals surface area contributed by atoms with Crippen molar-refractivity contribution in [3.8, 4) is 23.0 Å². The molecule has 0 radical (unpaired) electrons. The van der Waals surface area contributed by atoms with Crippen LogP contribution in [0.5, 0.6) is 23.0 Å². The van der Waals surface area contributed by atoms with Crippen LogP contribution in [0.1, 0.15) is 83.8 Å². The number of aliphatic hydroxyl groups excluding tert-OH is 2. The number of Topliss-reactive ketones (excluding diaryl/α,β-unsaturated/α-hetero) is 1. The zero-order valence-corrected chi connectivity index (χ0v) is 36.1. The monoisotopic (exact) mass is 836 g/mol. The van der Waals surface area contributed by atoms with Crippen molar-refractivity contribution in [3.63, 3.8) is 0 Å². The van der Waals surface area contributed by atoms with E-state index in [1.807, 2.05) is 18.9 Å². The molecule has 1 amide bonds. The average Bonchev–Trinajstić information content (AvgIpc) is 3.46. The molecule has 4 aliphatic heterocycles. The third-order valence-corrected chi connectivity index (χ3v) is 12.1. The molecule has 11 atom stereocenters. The molecule has 0 spiro atoms. The number of methoxy groups -OCH3 is 1. The molecule has 5 bridgehead atoms. The predicted molar refractivity (Wildman–Crippen MR) is 225 cm³/mol. The van der Waals surface area contributed by atoms with E-state index in [1.165, 1.54) is 59.4 Å². The van der Waals surface area contributed by atoms with Gasteiger partial charge in [0.1, 0.15) is 23.4 Å². The number of aliphatic hydroxyl groups is 2. The third-order valence-electron chi connectivity index (χ3n) is 12.1. The van der Waals surface area contributed by atoms with Crippen molar-refractivity contribution in [2.45, 2.75) is 112 Å². The first-order chi connectivity index (χ1) is 28.2. The largest absolute Gasteiger partial charge is 0.507 e. The topological polar surface area (TPSA) is 229 Å². The molecule has 7 N–H and O–H groups in total. The first kappa shape index (κ1) is 45.9. The van der Waals surface area contributed by atoms with Crippen LogP contribution in [-0.4, -0.2) is 117 Å². The first-order valence-corrected chi connectivity index (χ1v) is 20.3. The fourth-order valence-corrected chi connectivity index (χ4v) is 8.35. The highest BCUT2D eigenvalue weighted by Gasteiger charge is 2.50. The van der Waals surface area contributed by atoms with Gasteiger partial charge in [0.2, 0.25) is 0 Å². The van der Waals surface area contributed by atoms with Crippen molar-refractivity contribution in [2.75, 3.05) is 25.5 Å². The summed E-state index contributed by atoms with van der Waals surface area (Å²) < 4.78 is 23.6. The minimum atomic E-state index is -2.05. The lowest BCUT2D eigenvalue weighted by molar-refractivity contribution is -0.160. The van der Waals surface area contributed by atoms with Crippen molar-refractivity contribution >= 4 is 40.3 Å². The quantitative estimate of drug-likeness (QED) is 0.0953. The smallest absolute Gasteiger partial charge is 0.312 e. The molecular weight excluding hydrogens is 776 g/mol. The number of fused-ring (bicyclic) bond motifs is 14. The van der Waals surface area contributed by atoms with E-state index in [9.17, 15) is 39.9 Å². The number of nitrogens with zero attached hydrogens (tertiary/aromatic N) is 2. The van der Waals surface area contributed by atoms with E-state index in [1.54, 1.807) is 39.8 Å². The van der Waals surface area contributed by atoms with Gasteiger partial charge in [0.15, 0.2) is 5.75 Å². The summed E-state index contributed by atoms with van der Waals surface area (Å²) >= 11 is 0. The number of hydrazone groups is 1. The molecule has 0 aromatic heterocycles. The number of carbonyl (C=O) groups is 3. The van der Waals surface area contributed by atoms with Crippen LogP contribution < -0.4 is 15.4 Å². The summed E-state index contributed by atoms with van der Waals surface area (Å²) in [6, 6.07) is -0.128. The van der Waals surface area contributed by atoms with Crippen LogP contribution in [0.15, 0.2) is 41.2 Å². The lowest BCUT2D eigenvalue weighted by Crippen LogP contribution is -2.52. The second-order valence-corrected chi connectivity index (χ2v) is 16.6. The molecule has 1 fully saturated rings. The van der Waals surface area contributed by atoms with Crippen molar-refractivity contribution in [1.82, 2.24) is 10.3 Å². The van der Waals surface area contributed by atoms with Gasteiger partial charge >= 0.3 is 11.8 Å². The number of phenolic OH excluding ortho intramolecular Hbond substituents is 3. The summed E-state index contributed by atoms with van der Waals surface area (Å²) in [6.07, 6.45) is 4.85. The van der Waals surface area contributed by atoms with Crippen LogP contribution in [0.4, 0.5) is 5.69 Å². The minimum Gasteiger partial charge on any atom is -0.507 e. The number of amides is 1. The molecule has 328 valence electrons. The van der Waals surface area contributed by atoms with Crippen molar-refractivity contribution in [1.29, 1.82) is 0 Å². The fraction of sp³-hybridized carbons (Fsp3) is 0.545. The molecule has 1 saturated heterocycles. The number of aromatic hydroxyl groups is 3. The summed E-state index contributed by atoms with van der Waals surface area (Å²) in [6.45, 7) is 17.7. The van der Waals surface area contributed by atoms with Crippen molar-refractivity contribution in [2.24, 2.45) is 28.8 Å². The number of ketones is 1. The zero-order chi connectivity index (χ0) is 44.5. The van der Waals surface area contributed by atoms with Gasteiger partial charge in [-0.1, -0.05) is 45.9 Å². The molecule has 4 heterocycles. The van der Waals surface area contributed by atoms with Gasteiger partial charge < -0.3 is 55.1 Å². The number of hydrogen-bond donors (Lipinski definition) is 7. The molecule has 4 aliphatic rings. The predicted octanol–water partition coefficient (Wildman–Crippen LogP) is 4.77. The van der Waals surface area contributed by atoms with Crippen molar-refractivity contribution < 1.29 is 58.9 Å². The Bertz CT molecular complexity index is 2110. The van der Waals surface area contributed by atoms with Gasteiger partial charge in [0.25, 0.3) is 11.7 Å². The van der Waals surface area contributed by atoms with E-state index in [0.717, 1.165) is 0 Å². The van der Waals surface area contributed by atoms with Crippen LogP contribution in [-0.2, 0) is 23.8 Å². The van der Waals surface area contributed by atoms with Crippen molar-refractivity contribution in [3.05, 3.63) is 52.8 Å². The Hall–Kier alpha value is -5.16. The Balaban J connectivity index is 1.73. The molecule has 0 saturated carbocycles. The molecule has 16 nitrogen and oxygen atoms in total. The highest BCUT2D eigenvalue weighted by molar-refractivity contribution is 6.23. The Morgan fingerprint density at radius 2 is 1.58 bits per heavy atom. The summed E-state index contributed by atoms with van der Waals surface area (Å²) in [5.74, 6) is -8.40. The first-order valence-electron chi connectivity index (χ1n) is 20.3. The van der Waals surface area contributed by atoms with Crippen LogP contribution in [0.2, 0.25) is 0 Å². The van der Waals surface area contributed by atoms with E-state index < -0.39 is 88.8 Å². The number of phenols is 3. The Labute approximate surface area is 350 Å². The summed E-state index contributed by atoms with van der Waals surface area (Å²) in [4.78, 5) is 40.6. The van der Waals surface area contributed by atoms with Crippen LogP contribution in [0.25, 0.3) is 10.8 Å². The Morgan fingerprint density at radius 1 is 0.933 bits per heavy atom. The number of rotatable bonds is 4. The molecule has 60 heavy (non-hydrogen) atoms. The van der Waals surface area contributed by atoms with Gasteiger partial charge in [0.05, 0.1) is 65.1 Å². The number of benzene rings is 2. The maximum absolute atomic E-state index is 14.5. The SMILES string of the molecule is CO[C@H]1C=CO[C@@]2(C)Oc3c(C)c(O)c4c(O)c(c(/C=N/N5C(C)CNCC5C)c(O)c4c3C2=O)NC(=O)/C(C)=C\C=C/[C@H](C)[C@H](O)[C@@H](C)[C@@H](O)[C@@H](C)[C@H](OC(C)=O)[C@@H]1C. The highest BCUT2D eigenvalue weighted by atomic mass is 16.7. The van der Waals surface area contributed by atoms with E-state index in [4.69, 9.17) is 18.9 Å². The van der Waals surface area contributed by atoms with Crippen LogP contribution in [0.3, 0.4) is 0 Å². The molecule has 2 aromatic rings. The maximum Gasteiger partial charge on any atom is 0.312 e. The molecule has 2 unspecified atom stereocenters. The van der Waals surface area contributed by atoms with E-state index >= 15 is 0 Å². The summed E-state index contributed by atoms with van der Waals surface area (Å²) in [5, 5.41) is 70.6. The number of hydrogen-bond acceptors (Lipinski definition) is 15. The average molecular weight is 837 g/mol. The van der Waals surface area contributed by atoms with Crippen LogP contribution >= 0.6 is 0 Å². The molecular formula is C44H60N4O12. The fourth-order valence-electron chi connectivity index (χ4n) is 8.35. The van der Waals surface area contributed by atoms with Gasteiger partial charge in [-0.05, 0) is 33.8 Å². The number of anilines is 1. The normalized spacial score (nSPS) is 33.4. The standard InChI is InChI=1S/C44H60N4O12/c1-20-13-12-14-21(2)43(56)47-34-29(19-46-48-22(3)17-45-18-23(48)4)38(53)31-32(39(34)54)37(52)27(8)41-33(31)42(55)44(10,60-41)58-16-15-30(57-11)24(5)40(59-28(9)49)26(7)36(51)25(6)35(20)50/h12-16,19-20,22-26,30,35-36,40,45,50-54H,17-18H2,1-11H3,(H,47,56)/b13-12-,16-15?,21-14-,46-19+/t20-,22?,23?,24+,25+,26+,30-,35-,36+,40+,44-/m0/s1. The third kappa shape index (κ3) is 8.69. The number of nitrogens with one attached hydrogen (secondary N) is 2. The Morgan fingerprint density at radius 3 is 2.20 bits per heavy atom. The molecule has 16 heteroatoms. The molecule has 2 aromatic carbocycles. The number of esters is 1. The van der Waals surface area contributed by atoms with Gasteiger partial charge in [-0.25, -0.2) is 0 Å². The lowest BCUT2D eigenvalue weighted by atomic mass is 9.78. The Kier molecular flexibility index (Phi) is 13.9. The highest BCUT2D eigenvalue weighted by Crippen LogP contribution is 2.55. The second-order valence-electron chi connectivity index (χ2n) is 16.6. The second kappa shape index (κ2) is 18.2. The number of carbonyl (C=O) groups excluding carboxylic acids is 3. The molecule has 0 aliphatic carbocycles. The minimum absolute atomic E-state index is 0.0523. The lowest BCUT2D eigenvalue weighted by Gasteiger charge is -2.38. The maximum atomic E-state index is 14.5. The number of ether oxygens (including phenoxy) is 4. The summed E-state index contributed by atoms with van der Waals surface area (Å²) in [7, 11) is 1.44. The van der Waals surface area contributed by atoms with Gasteiger partial charge in [-0.15, -0.1) is 0 Å². The molecule has 6 rings (SSSR count). The van der Waals surface area contributed by atoms with Crippen LogP contribution in [0, 0.1) is 30.6 Å². The number of allylic oxidation sites excluding steroid dienone is 2. The van der Waals surface area contributed by atoms with E-state index in [2.05, 4.69) is 15.7 Å². The van der Waals surface area contributed by atoms with Gasteiger partial charge in [-0.2, -0.15) is 5.10 Å². The van der Waals surface area contributed by atoms with E-state index in [-0.39, 0.29) is 56.6 Å². The summed E-state index contributed by atoms with van der Waals surface area (Å²) in [5.41, 5.74) is -0.382. The van der Waals surface area contributed by atoms with E-state index in [0.29, 0.717) is 13.1 Å².